The number of nitrogens with zero attached hydrogens (tertiary/aromatic N) is 3. The third-order valence-electron chi connectivity index (χ3n) is 3.60. The van der Waals surface area contributed by atoms with Crippen molar-refractivity contribution in [3.63, 3.8) is 0 Å². The maximum absolute atomic E-state index is 5.95. The molecule has 6 nitrogen and oxygen atoms in total. The normalized spacial score (nSPS) is 11.6. The summed E-state index contributed by atoms with van der Waals surface area (Å²) in [5, 5.41) is 10.9. The number of fused-ring (bicyclic) bond motifs is 1. The second-order valence-electron chi connectivity index (χ2n) is 6.38. The molecule has 0 atom stereocenters. The predicted octanol–water partition coefficient (Wildman–Crippen LogP) is 3.14. The van der Waals surface area contributed by atoms with E-state index in [9.17, 15) is 0 Å². The summed E-state index contributed by atoms with van der Waals surface area (Å²) in [6.07, 6.45) is 3.23. The summed E-state index contributed by atoms with van der Waals surface area (Å²) in [5.41, 5.74) is 1.99. The molecule has 6 heteroatoms. The minimum absolute atomic E-state index is 0.0552. The number of hydrogen-bond acceptors (Lipinski definition) is 5. The van der Waals surface area contributed by atoms with Gasteiger partial charge in [0.1, 0.15) is 24.5 Å². The number of ether oxygens (including phenoxy) is 1. The van der Waals surface area contributed by atoms with Crippen LogP contribution in [0.1, 0.15) is 26.3 Å². The third kappa shape index (κ3) is 3.41. The van der Waals surface area contributed by atoms with Crippen LogP contribution in [0.5, 0.6) is 5.75 Å². The minimum Gasteiger partial charge on any atom is -0.491 e. The van der Waals surface area contributed by atoms with E-state index in [2.05, 4.69) is 52.3 Å². The Morgan fingerprint density at radius 2 is 2.00 bits per heavy atom. The Labute approximate surface area is 135 Å². The van der Waals surface area contributed by atoms with Crippen molar-refractivity contribution in [2.45, 2.75) is 26.2 Å². The van der Waals surface area contributed by atoms with Gasteiger partial charge in [-0.05, 0) is 17.0 Å². The number of aromatic nitrogens is 4. The first kappa shape index (κ1) is 15.3. The second-order valence-corrected chi connectivity index (χ2v) is 6.38. The SMILES string of the molecule is CC(C)(C)c1ccccc1OCCNc1ncnc2[nH]ncc12. The fourth-order valence-corrected chi connectivity index (χ4v) is 2.45. The quantitative estimate of drug-likeness (QED) is 0.708. The summed E-state index contributed by atoms with van der Waals surface area (Å²) in [7, 11) is 0. The summed E-state index contributed by atoms with van der Waals surface area (Å²) in [6, 6.07) is 8.17. The second kappa shape index (κ2) is 6.24. The van der Waals surface area contributed by atoms with Gasteiger partial charge in [-0.15, -0.1) is 0 Å². The molecule has 0 saturated carbocycles. The molecule has 0 fully saturated rings. The number of para-hydroxylation sites is 1. The summed E-state index contributed by atoms with van der Waals surface area (Å²) in [4.78, 5) is 8.36. The van der Waals surface area contributed by atoms with E-state index in [1.807, 2.05) is 18.2 Å². The monoisotopic (exact) mass is 311 g/mol. The van der Waals surface area contributed by atoms with E-state index in [0.29, 0.717) is 13.2 Å². The van der Waals surface area contributed by atoms with Gasteiger partial charge in [-0.1, -0.05) is 39.0 Å². The molecular formula is C17H21N5O. The van der Waals surface area contributed by atoms with E-state index in [1.54, 1.807) is 6.20 Å². The lowest BCUT2D eigenvalue weighted by Crippen LogP contribution is -2.17. The highest BCUT2D eigenvalue weighted by Crippen LogP contribution is 2.30. The zero-order chi connectivity index (χ0) is 16.3. The molecule has 3 rings (SSSR count). The van der Waals surface area contributed by atoms with Gasteiger partial charge >= 0.3 is 0 Å². The van der Waals surface area contributed by atoms with Crippen molar-refractivity contribution in [2.24, 2.45) is 0 Å². The fourth-order valence-electron chi connectivity index (χ4n) is 2.45. The number of aromatic amines is 1. The van der Waals surface area contributed by atoms with Crippen molar-refractivity contribution in [3.05, 3.63) is 42.4 Å². The van der Waals surface area contributed by atoms with Crippen LogP contribution in [0.2, 0.25) is 0 Å². The number of benzene rings is 1. The molecule has 23 heavy (non-hydrogen) atoms. The smallest absolute Gasteiger partial charge is 0.160 e. The molecule has 0 amide bonds. The maximum Gasteiger partial charge on any atom is 0.160 e. The van der Waals surface area contributed by atoms with Crippen molar-refractivity contribution < 1.29 is 4.74 Å². The van der Waals surface area contributed by atoms with Gasteiger partial charge in [0.05, 0.1) is 18.1 Å². The van der Waals surface area contributed by atoms with Crippen LogP contribution in [0.15, 0.2) is 36.8 Å². The standard InChI is InChI=1S/C17H21N5O/c1-17(2,3)13-6-4-5-7-14(13)23-9-8-18-15-12-10-21-22-16(12)20-11-19-15/h4-7,10-11H,8-9H2,1-3H3,(H2,18,19,20,21,22). The van der Waals surface area contributed by atoms with E-state index < -0.39 is 0 Å². The van der Waals surface area contributed by atoms with Crippen LogP contribution in [0.3, 0.4) is 0 Å². The number of hydrogen-bond donors (Lipinski definition) is 2. The largest absolute Gasteiger partial charge is 0.491 e. The Kier molecular flexibility index (Phi) is 4.14. The van der Waals surface area contributed by atoms with Gasteiger partial charge in [0.15, 0.2) is 5.65 Å². The first-order valence-electron chi connectivity index (χ1n) is 7.66. The van der Waals surface area contributed by atoms with Crippen molar-refractivity contribution in [2.75, 3.05) is 18.5 Å². The van der Waals surface area contributed by atoms with Gasteiger partial charge in [-0.2, -0.15) is 5.10 Å². The van der Waals surface area contributed by atoms with Crippen LogP contribution < -0.4 is 10.1 Å². The zero-order valence-corrected chi connectivity index (χ0v) is 13.6. The lowest BCUT2D eigenvalue weighted by atomic mass is 9.86. The van der Waals surface area contributed by atoms with Gasteiger partial charge in [0, 0.05) is 0 Å². The Morgan fingerprint density at radius 1 is 1.17 bits per heavy atom. The van der Waals surface area contributed by atoms with Crippen molar-refractivity contribution in [3.8, 4) is 5.75 Å². The van der Waals surface area contributed by atoms with Crippen LogP contribution in [0, 0.1) is 0 Å². The van der Waals surface area contributed by atoms with Crippen LogP contribution in [-0.4, -0.2) is 33.3 Å². The molecule has 2 aromatic heterocycles. The molecule has 2 heterocycles. The van der Waals surface area contributed by atoms with E-state index >= 15 is 0 Å². The van der Waals surface area contributed by atoms with Gasteiger partial charge < -0.3 is 10.1 Å². The third-order valence-corrected chi connectivity index (χ3v) is 3.60. The fraction of sp³-hybridized carbons (Fsp3) is 0.353. The first-order valence-corrected chi connectivity index (χ1v) is 7.66. The Bertz CT molecular complexity index is 791. The van der Waals surface area contributed by atoms with Crippen LogP contribution in [0.25, 0.3) is 11.0 Å². The molecular weight excluding hydrogens is 290 g/mol. The maximum atomic E-state index is 5.95. The first-order chi connectivity index (χ1) is 11.1. The van der Waals surface area contributed by atoms with Crippen molar-refractivity contribution in [1.82, 2.24) is 20.2 Å². The van der Waals surface area contributed by atoms with Crippen molar-refractivity contribution >= 4 is 16.9 Å². The molecule has 0 aliphatic rings. The highest BCUT2D eigenvalue weighted by Gasteiger charge is 2.18. The van der Waals surface area contributed by atoms with Crippen LogP contribution in [0.4, 0.5) is 5.82 Å². The Balaban J connectivity index is 1.62. The minimum atomic E-state index is 0.0552. The molecule has 0 spiro atoms. The molecule has 1 aromatic carbocycles. The summed E-state index contributed by atoms with van der Waals surface area (Å²) >= 11 is 0. The molecule has 0 saturated heterocycles. The topological polar surface area (TPSA) is 75.7 Å². The van der Waals surface area contributed by atoms with Crippen LogP contribution in [-0.2, 0) is 5.41 Å². The van der Waals surface area contributed by atoms with E-state index in [1.165, 1.54) is 11.9 Å². The van der Waals surface area contributed by atoms with Gasteiger partial charge in [0.25, 0.3) is 0 Å². The summed E-state index contributed by atoms with van der Waals surface area (Å²) in [5.74, 6) is 1.69. The molecule has 120 valence electrons. The van der Waals surface area contributed by atoms with Gasteiger partial charge in [-0.3, -0.25) is 5.10 Å². The Hall–Kier alpha value is -2.63. The number of nitrogens with one attached hydrogen (secondary N) is 2. The van der Waals surface area contributed by atoms with Gasteiger partial charge in [-0.25, -0.2) is 9.97 Å². The lowest BCUT2D eigenvalue weighted by Gasteiger charge is -2.22. The Morgan fingerprint density at radius 3 is 2.83 bits per heavy atom. The van der Waals surface area contributed by atoms with E-state index in [0.717, 1.165) is 22.6 Å². The molecule has 2 N–H and O–H groups in total. The van der Waals surface area contributed by atoms with Gasteiger partial charge in [0.2, 0.25) is 0 Å². The van der Waals surface area contributed by atoms with Crippen molar-refractivity contribution in [1.29, 1.82) is 0 Å². The summed E-state index contributed by atoms with van der Waals surface area (Å²) < 4.78 is 5.95. The average molecular weight is 311 g/mol. The molecule has 3 aromatic rings. The lowest BCUT2D eigenvalue weighted by molar-refractivity contribution is 0.323. The molecule has 0 radical (unpaired) electrons. The number of H-pyrrole nitrogens is 1. The summed E-state index contributed by atoms with van der Waals surface area (Å²) in [6.45, 7) is 7.75. The molecule has 0 aliphatic carbocycles. The highest BCUT2D eigenvalue weighted by molar-refractivity contribution is 5.85. The average Bonchev–Trinajstić information content (AvgIpc) is 3.00. The molecule has 0 bridgehead atoms. The number of rotatable bonds is 5. The predicted molar refractivity (Wildman–Crippen MR) is 90.8 cm³/mol. The molecule has 0 unspecified atom stereocenters. The van der Waals surface area contributed by atoms with Crippen LogP contribution >= 0.6 is 0 Å². The highest BCUT2D eigenvalue weighted by atomic mass is 16.5. The van der Waals surface area contributed by atoms with E-state index in [4.69, 9.17) is 4.74 Å². The zero-order valence-electron chi connectivity index (χ0n) is 13.6. The number of anilines is 1. The van der Waals surface area contributed by atoms with E-state index in [-0.39, 0.29) is 5.41 Å². The molecule has 0 aliphatic heterocycles.